The van der Waals surface area contributed by atoms with Crippen molar-refractivity contribution in [2.75, 3.05) is 12.4 Å². The molecule has 3 rings (SSSR count). The molecule has 0 spiro atoms. The van der Waals surface area contributed by atoms with Crippen LogP contribution in [0.2, 0.25) is 10.0 Å². The first-order valence-electron chi connectivity index (χ1n) is 10.7. The van der Waals surface area contributed by atoms with E-state index in [4.69, 9.17) is 37.4 Å². The lowest BCUT2D eigenvalue weighted by atomic mass is 10.1. The molecule has 0 aliphatic carbocycles. The molecule has 1 amide bonds. The van der Waals surface area contributed by atoms with E-state index in [0.717, 1.165) is 5.56 Å². The van der Waals surface area contributed by atoms with Crippen molar-refractivity contribution >= 4 is 40.9 Å². The molecule has 3 aromatic rings. The highest BCUT2D eigenvalue weighted by atomic mass is 35.5. The van der Waals surface area contributed by atoms with Gasteiger partial charge in [-0.2, -0.15) is 5.26 Å². The first-order valence-corrected chi connectivity index (χ1v) is 11.5. The van der Waals surface area contributed by atoms with E-state index in [9.17, 15) is 10.1 Å². The van der Waals surface area contributed by atoms with Gasteiger partial charge in [0.25, 0.3) is 5.91 Å². The number of benzene rings is 3. The van der Waals surface area contributed by atoms with E-state index >= 15 is 0 Å². The molecule has 0 radical (unpaired) electrons. The predicted octanol–water partition coefficient (Wildman–Crippen LogP) is 6.91. The van der Waals surface area contributed by atoms with Crippen LogP contribution < -0.4 is 19.5 Å². The summed E-state index contributed by atoms with van der Waals surface area (Å²) in [6, 6.07) is 19.2. The molecule has 0 unspecified atom stereocenters. The lowest BCUT2D eigenvalue weighted by Crippen LogP contribution is -2.13. The second kappa shape index (κ2) is 12.2. The lowest BCUT2D eigenvalue weighted by molar-refractivity contribution is -0.112. The minimum atomic E-state index is -0.541. The molecular weight excluding hydrogens is 487 g/mol. The van der Waals surface area contributed by atoms with Crippen LogP contribution >= 0.6 is 23.2 Å². The summed E-state index contributed by atoms with van der Waals surface area (Å²) >= 11 is 12.1. The largest absolute Gasteiger partial charge is 0.497 e. The fourth-order valence-corrected chi connectivity index (χ4v) is 3.52. The summed E-state index contributed by atoms with van der Waals surface area (Å²) in [5.41, 5.74) is 1.84. The molecule has 8 heteroatoms. The van der Waals surface area contributed by atoms with E-state index in [-0.39, 0.29) is 18.3 Å². The van der Waals surface area contributed by atoms with Crippen LogP contribution in [0, 0.1) is 11.3 Å². The monoisotopic (exact) mass is 510 g/mol. The SMILES string of the molecule is COc1ccc(/C=C(\C#N)C(=O)Nc2ccc(OCc3ccc(Cl)cc3Cl)cc2)c(OC(C)C)c1. The minimum Gasteiger partial charge on any atom is -0.497 e. The molecule has 0 heterocycles. The number of nitriles is 1. The van der Waals surface area contributed by atoms with Gasteiger partial charge < -0.3 is 19.5 Å². The second-order valence-corrected chi connectivity index (χ2v) is 8.59. The van der Waals surface area contributed by atoms with Crippen LogP contribution in [0.25, 0.3) is 6.08 Å². The van der Waals surface area contributed by atoms with Gasteiger partial charge in [-0.1, -0.05) is 29.3 Å². The smallest absolute Gasteiger partial charge is 0.266 e. The summed E-state index contributed by atoms with van der Waals surface area (Å²) in [6.45, 7) is 4.05. The van der Waals surface area contributed by atoms with Gasteiger partial charge in [-0.05, 0) is 68.5 Å². The van der Waals surface area contributed by atoms with Crippen molar-refractivity contribution in [3.05, 3.63) is 87.4 Å². The van der Waals surface area contributed by atoms with E-state index in [1.165, 1.54) is 6.08 Å². The molecule has 0 saturated heterocycles. The summed E-state index contributed by atoms with van der Waals surface area (Å²) in [7, 11) is 1.56. The molecule has 0 aliphatic heterocycles. The maximum absolute atomic E-state index is 12.7. The average molecular weight is 511 g/mol. The molecule has 0 atom stereocenters. The third-order valence-corrected chi connectivity index (χ3v) is 5.36. The van der Waals surface area contributed by atoms with Gasteiger partial charge in [0.05, 0.1) is 13.2 Å². The number of halogens is 2. The second-order valence-electron chi connectivity index (χ2n) is 7.74. The molecule has 0 saturated carbocycles. The number of nitrogens with one attached hydrogen (secondary N) is 1. The van der Waals surface area contributed by atoms with Crippen molar-refractivity contribution in [1.82, 2.24) is 0 Å². The van der Waals surface area contributed by atoms with E-state index in [0.29, 0.717) is 38.5 Å². The number of carbonyl (C=O) groups excluding carboxylic acids is 1. The van der Waals surface area contributed by atoms with Gasteiger partial charge >= 0.3 is 0 Å². The summed E-state index contributed by atoms with van der Waals surface area (Å²) < 4.78 is 16.8. The molecule has 6 nitrogen and oxygen atoms in total. The first-order chi connectivity index (χ1) is 16.8. The maximum Gasteiger partial charge on any atom is 0.266 e. The number of hydrogen-bond acceptors (Lipinski definition) is 5. The third-order valence-electron chi connectivity index (χ3n) is 4.77. The molecule has 35 heavy (non-hydrogen) atoms. The molecule has 0 fully saturated rings. The molecule has 0 aromatic heterocycles. The van der Waals surface area contributed by atoms with Crippen LogP contribution in [-0.2, 0) is 11.4 Å². The molecule has 0 bridgehead atoms. The predicted molar refractivity (Wildman–Crippen MR) is 138 cm³/mol. The quantitative estimate of drug-likeness (QED) is 0.249. The number of nitrogens with zero attached hydrogens (tertiary/aromatic N) is 1. The summed E-state index contributed by atoms with van der Waals surface area (Å²) in [5.74, 6) is 1.18. The summed E-state index contributed by atoms with van der Waals surface area (Å²) in [4.78, 5) is 12.7. The summed E-state index contributed by atoms with van der Waals surface area (Å²) in [5, 5.41) is 13.4. The number of amides is 1. The van der Waals surface area contributed by atoms with Gasteiger partial charge in [0.15, 0.2) is 0 Å². The van der Waals surface area contributed by atoms with Crippen LogP contribution in [0.3, 0.4) is 0 Å². The number of carbonyl (C=O) groups is 1. The highest BCUT2D eigenvalue weighted by Gasteiger charge is 2.13. The van der Waals surface area contributed by atoms with Crippen molar-refractivity contribution in [3.8, 4) is 23.3 Å². The third kappa shape index (κ3) is 7.41. The Kier molecular flexibility index (Phi) is 9.02. The van der Waals surface area contributed by atoms with E-state index < -0.39 is 5.91 Å². The Balaban J connectivity index is 1.69. The highest BCUT2D eigenvalue weighted by Crippen LogP contribution is 2.28. The Morgan fingerprint density at radius 3 is 2.40 bits per heavy atom. The zero-order chi connectivity index (χ0) is 25.4. The van der Waals surface area contributed by atoms with E-state index in [1.807, 2.05) is 19.9 Å². The Bertz CT molecular complexity index is 1270. The fraction of sp³-hybridized carbons (Fsp3) is 0.185. The number of ether oxygens (including phenoxy) is 3. The Hall–Kier alpha value is -3.66. The number of hydrogen-bond donors (Lipinski definition) is 1. The lowest BCUT2D eigenvalue weighted by Gasteiger charge is -2.14. The fourth-order valence-electron chi connectivity index (χ4n) is 3.05. The number of rotatable bonds is 9. The van der Waals surface area contributed by atoms with Crippen molar-refractivity contribution in [2.24, 2.45) is 0 Å². The van der Waals surface area contributed by atoms with Crippen LogP contribution in [-0.4, -0.2) is 19.1 Å². The first kappa shape index (κ1) is 26.0. The molecule has 3 aromatic carbocycles. The van der Waals surface area contributed by atoms with E-state index in [2.05, 4.69) is 5.32 Å². The topological polar surface area (TPSA) is 80.6 Å². The van der Waals surface area contributed by atoms with Crippen molar-refractivity contribution in [3.63, 3.8) is 0 Å². The molecular formula is C27H24Cl2N2O4. The van der Waals surface area contributed by atoms with E-state index in [1.54, 1.807) is 67.8 Å². The van der Waals surface area contributed by atoms with Crippen molar-refractivity contribution < 1.29 is 19.0 Å². The van der Waals surface area contributed by atoms with Gasteiger partial charge in [-0.15, -0.1) is 0 Å². The minimum absolute atomic E-state index is 0.0681. The van der Waals surface area contributed by atoms with Crippen LogP contribution in [0.5, 0.6) is 17.2 Å². The van der Waals surface area contributed by atoms with Crippen molar-refractivity contribution in [2.45, 2.75) is 26.6 Å². The highest BCUT2D eigenvalue weighted by molar-refractivity contribution is 6.35. The van der Waals surface area contributed by atoms with Gasteiger partial charge in [-0.3, -0.25) is 4.79 Å². The van der Waals surface area contributed by atoms with Crippen molar-refractivity contribution in [1.29, 1.82) is 5.26 Å². The van der Waals surface area contributed by atoms with Crippen LogP contribution in [0.1, 0.15) is 25.0 Å². The number of anilines is 1. The van der Waals surface area contributed by atoms with Crippen LogP contribution in [0.15, 0.2) is 66.2 Å². The van der Waals surface area contributed by atoms with Gasteiger partial charge in [0.2, 0.25) is 0 Å². The average Bonchev–Trinajstić information content (AvgIpc) is 2.83. The normalized spacial score (nSPS) is 11.1. The van der Waals surface area contributed by atoms with Gasteiger partial charge in [-0.25, -0.2) is 0 Å². The van der Waals surface area contributed by atoms with Gasteiger partial charge in [0.1, 0.15) is 35.5 Å². The molecule has 180 valence electrons. The molecule has 1 N–H and O–H groups in total. The summed E-state index contributed by atoms with van der Waals surface area (Å²) in [6.07, 6.45) is 1.39. The maximum atomic E-state index is 12.7. The zero-order valence-corrected chi connectivity index (χ0v) is 21.0. The van der Waals surface area contributed by atoms with Gasteiger partial charge in [0, 0.05) is 32.9 Å². The van der Waals surface area contributed by atoms with Crippen LogP contribution in [0.4, 0.5) is 5.69 Å². The Morgan fingerprint density at radius 1 is 1.06 bits per heavy atom. The number of methoxy groups -OCH3 is 1. The Morgan fingerprint density at radius 2 is 1.77 bits per heavy atom. The Labute approximate surface area is 214 Å². The zero-order valence-electron chi connectivity index (χ0n) is 19.5. The standard InChI is InChI=1S/C27H24Cl2N2O4/c1-17(2)35-26-14-24(33-3)9-5-18(26)12-20(15-30)27(32)31-22-7-10-23(11-8-22)34-16-19-4-6-21(28)13-25(19)29/h4-14,17H,16H2,1-3H3,(H,31,32)/b20-12+. The molecule has 0 aliphatic rings.